The highest BCUT2D eigenvalue weighted by Gasteiger charge is 2.31. The molecule has 2 aliphatic rings. The highest BCUT2D eigenvalue weighted by atomic mass is 16.5. The standard InChI is InChI=1S/C14H19NO2/c1-16-11-5-3-10-4-6-13-14(12(10)9-11)17-8-2-7-15-13/h3,5,9,13-15H,2,4,6-8H2,1H3. The first-order chi connectivity index (χ1) is 8.38. The van der Waals surface area contributed by atoms with Crippen molar-refractivity contribution in [1.29, 1.82) is 0 Å². The topological polar surface area (TPSA) is 30.5 Å². The largest absolute Gasteiger partial charge is 0.497 e. The summed E-state index contributed by atoms with van der Waals surface area (Å²) in [6.45, 7) is 1.92. The Morgan fingerprint density at radius 3 is 3.24 bits per heavy atom. The fourth-order valence-electron chi connectivity index (χ4n) is 2.86. The molecule has 1 aromatic carbocycles. The van der Waals surface area contributed by atoms with Crippen LogP contribution in [0.4, 0.5) is 0 Å². The van der Waals surface area contributed by atoms with Crippen LogP contribution in [0.25, 0.3) is 0 Å². The number of rotatable bonds is 1. The van der Waals surface area contributed by atoms with E-state index in [0.717, 1.165) is 31.7 Å². The van der Waals surface area contributed by atoms with Crippen LogP contribution in [0, 0.1) is 0 Å². The Labute approximate surface area is 102 Å². The Bertz CT molecular complexity index is 405. The van der Waals surface area contributed by atoms with Crippen LogP contribution in [0.2, 0.25) is 0 Å². The molecule has 0 spiro atoms. The zero-order valence-electron chi connectivity index (χ0n) is 10.2. The molecule has 1 aromatic rings. The molecule has 0 bridgehead atoms. The number of ether oxygens (including phenoxy) is 2. The van der Waals surface area contributed by atoms with Crippen molar-refractivity contribution < 1.29 is 9.47 Å². The van der Waals surface area contributed by atoms with Crippen LogP contribution in [-0.2, 0) is 11.2 Å². The highest BCUT2D eigenvalue weighted by molar-refractivity contribution is 5.39. The van der Waals surface area contributed by atoms with E-state index in [-0.39, 0.29) is 6.10 Å². The fraction of sp³-hybridized carbons (Fsp3) is 0.571. The van der Waals surface area contributed by atoms with Gasteiger partial charge in [0.15, 0.2) is 0 Å². The van der Waals surface area contributed by atoms with Crippen molar-refractivity contribution in [2.75, 3.05) is 20.3 Å². The minimum absolute atomic E-state index is 0.205. The van der Waals surface area contributed by atoms with E-state index in [1.165, 1.54) is 17.5 Å². The summed E-state index contributed by atoms with van der Waals surface area (Å²) in [5.41, 5.74) is 2.73. The molecule has 92 valence electrons. The van der Waals surface area contributed by atoms with Crippen molar-refractivity contribution >= 4 is 0 Å². The Kier molecular flexibility index (Phi) is 3.04. The van der Waals surface area contributed by atoms with Gasteiger partial charge in [-0.2, -0.15) is 0 Å². The van der Waals surface area contributed by atoms with Gasteiger partial charge in [-0.25, -0.2) is 0 Å². The lowest BCUT2D eigenvalue weighted by Crippen LogP contribution is -2.37. The normalized spacial score (nSPS) is 27.8. The fourth-order valence-corrected chi connectivity index (χ4v) is 2.86. The zero-order chi connectivity index (χ0) is 11.7. The monoisotopic (exact) mass is 233 g/mol. The summed E-state index contributed by atoms with van der Waals surface area (Å²) >= 11 is 0. The summed E-state index contributed by atoms with van der Waals surface area (Å²) in [4.78, 5) is 0. The maximum atomic E-state index is 6.01. The Hall–Kier alpha value is -1.06. The second kappa shape index (κ2) is 4.67. The van der Waals surface area contributed by atoms with Crippen molar-refractivity contribution in [2.45, 2.75) is 31.4 Å². The number of aryl methyl sites for hydroxylation is 1. The lowest BCUT2D eigenvalue weighted by atomic mass is 9.85. The van der Waals surface area contributed by atoms with Crippen LogP contribution in [-0.4, -0.2) is 26.3 Å². The van der Waals surface area contributed by atoms with Crippen molar-refractivity contribution in [3.63, 3.8) is 0 Å². The van der Waals surface area contributed by atoms with Gasteiger partial charge in [0, 0.05) is 12.6 Å². The molecule has 2 unspecified atom stereocenters. The van der Waals surface area contributed by atoms with E-state index < -0.39 is 0 Å². The van der Waals surface area contributed by atoms with Gasteiger partial charge in [0.2, 0.25) is 0 Å². The van der Waals surface area contributed by atoms with Crippen molar-refractivity contribution in [3.05, 3.63) is 29.3 Å². The molecule has 2 atom stereocenters. The molecule has 0 aromatic heterocycles. The van der Waals surface area contributed by atoms with Crippen LogP contribution in [0.15, 0.2) is 18.2 Å². The van der Waals surface area contributed by atoms with Crippen LogP contribution in [0.1, 0.15) is 30.1 Å². The van der Waals surface area contributed by atoms with Crippen LogP contribution >= 0.6 is 0 Å². The van der Waals surface area contributed by atoms with E-state index in [1.54, 1.807) is 7.11 Å². The number of benzene rings is 1. The molecule has 1 fully saturated rings. The summed E-state index contributed by atoms with van der Waals surface area (Å²) < 4.78 is 11.3. The number of nitrogens with one attached hydrogen (secondary N) is 1. The molecule has 1 aliphatic heterocycles. The molecule has 0 amide bonds. The van der Waals surface area contributed by atoms with Crippen LogP contribution < -0.4 is 10.1 Å². The first-order valence-corrected chi connectivity index (χ1v) is 6.40. The number of fused-ring (bicyclic) bond motifs is 3. The smallest absolute Gasteiger partial charge is 0.119 e. The first kappa shape index (κ1) is 11.1. The minimum atomic E-state index is 0.205. The predicted molar refractivity (Wildman–Crippen MR) is 66.4 cm³/mol. The molecule has 1 heterocycles. The lowest BCUT2D eigenvalue weighted by Gasteiger charge is -2.32. The maximum absolute atomic E-state index is 6.01. The van der Waals surface area contributed by atoms with Crippen molar-refractivity contribution in [1.82, 2.24) is 5.32 Å². The highest BCUT2D eigenvalue weighted by Crippen LogP contribution is 2.35. The van der Waals surface area contributed by atoms with Gasteiger partial charge in [0.25, 0.3) is 0 Å². The van der Waals surface area contributed by atoms with E-state index in [0.29, 0.717) is 6.04 Å². The number of methoxy groups -OCH3 is 1. The maximum Gasteiger partial charge on any atom is 0.119 e. The van der Waals surface area contributed by atoms with Gasteiger partial charge >= 0.3 is 0 Å². The van der Waals surface area contributed by atoms with Gasteiger partial charge in [-0.1, -0.05) is 6.07 Å². The number of hydrogen-bond acceptors (Lipinski definition) is 3. The molecule has 17 heavy (non-hydrogen) atoms. The molecule has 1 aliphatic carbocycles. The minimum Gasteiger partial charge on any atom is -0.497 e. The van der Waals surface area contributed by atoms with E-state index in [1.807, 2.05) is 6.07 Å². The Morgan fingerprint density at radius 2 is 2.35 bits per heavy atom. The van der Waals surface area contributed by atoms with Gasteiger partial charge in [0.05, 0.1) is 13.2 Å². The third-order valence-electron chi connectivity index (χ3n) is 3.77. The van der Waals surface area contributed by atoms with Gasteiger partial charge < -0.3 is 14.8 Å². The van der Waals surface area contributed by atoms with Crippen LogP contribution in [0.3, 0.4) is 0 Å². The van der Waals surface area contributed by atoms with Gasteiger partial charge in [-0.15, -0.1) is 0 Å². The summed E-state index contributed by atoms with van der Waals surface area (Å²) in [7, 11) is 1.72. The molecule has 0 radical (unpaired) electrons. The summed E-state index contributed by atoms with van der Waals surface area (Å²) in [6, 6.07) is 6.83. The van der Waals surface area contributed by atoms with E-state index >= 15 is 0 Å². The van der Waals surface area contributed by atoms with Gasteiger partial charge in [-0.05, 0) is 49.1 Å². The average molecular weight is 233 g/mol. The summed E-state index contributed by atoms with van der Waals surface area (Å²) in [5.74, 6) is 0.928. The third-order valence-corrected chi connectivity index (χ3v) is 3.77. The number of hydrogen-bond donors (Lipinski definition) is 1. The quantitative estimate of drug-likeness (QED) is 0.805. The van der Waals surface area contributed by atoms with E-state index in [4.69, 9.17) is 9.47 Å². The summed E-state index contributed by atoms with van der Waals surface area (Å²) in [5, 5.41) is 3.60. The molecule has 1 saturated heterocycles. The second-order valence-electron chi connectivity index (χ2n) is 4.81. The van der Waals surface area contributed by atoms with E-state index in [2.05, 4.69) is 17.4 Å². The van der Waals surface area contributed by atoms with Crippen LogP contribution in [0.5, 0.6) is 5.75 Å². The molecular formula is C14H19NO2. The summed E-state index contributed by atoms with van der Waals surface area (Å²) in [6.07, 6.45) is 3.61. The predicted octanol–water partition coefficient (Wildman–Crippen LogP) is 2.06. The molecule has 1 N–H and O–H groups in total. The Balaban J connectivity index is 1.96. The molecule has 3 heteroatoms. The molecule has 0 saturated carbocycles. The second-order valence-corrected chi connectivity index (χ2v) is 4.81. The third kappa shape index (κ3) is 2.05. The van der Waals surface area contributed by atoms with Gasteiger partial charge in [-0.3, -0.25) is 0 Å². The SMILES string of the molecule is COc1ccc2c(c1)C1OCCCNC1CC2. The molecule has 3 nitrogen and oxygen atoms in total. The molecule has 3 rings (SSSR count). The Morgan fingerprint density at radius 1 is 1.41 bits per heavy atom. The van der Waals surface area contributed by atoms with E-state index in [9.17, 15) is 0 Å². The first-order valence-electron chi connectivity index (χ1n) is 6.40. The average Bonchev–Trinajstić information content (AvgIpc) is 2.63. The van der Waals surface area contributed by atoms with Crippen molar-refractivity contribution in [3.8, 4) is 5.75 Å². The van der Waals surface area contributed by atoms with Crippen molar-refractivity contribution in [2.24, 2.45) is 0 Å². The molecular weight excluding hydrogens is 214 g/mol. The van der Waals surface area contributed by atoms with Gasteiger partial charge in [0.1, 0.15) is 5.75 Å². The zero-order valence-corrected chi connectivity index (χ0v) is 10.2. The lowest BCUT2D eigenvalue weighted by molar-refractivity contribution is 0.0346.